The highest BCUT2D eigenvalue weighted by Gasteiger charge is 1.99. The fraction of sp³-hybridized carbons (Fsp3) is 0. The van der Waals surface area contributed by atoms with Crippen LogP contribution < -0.4 is 0 Å². The third-order valence-electron chi connectivity index (χ3n) is 1.73. The zero-order valence-electron chi connectivity index (χ0n) is 6.14. The Bertz CT molecular complexity index is 380. The minimum absolute atomic E-state index is 1.08. The van der Waals surface area contributed by atoms with Gasteiger partial charge in [-0.25, -0.2) is 0 Å². The van der Waals surface area contributed by atoms with Crippen molar-refractivity contribution in [2.45, 2.75) is 0 Å². The molecule has 0 nitrogen and oxygen atoms in total. The van der Waals surface area contributed by atoms with Gasteiger partial charge >= 0.3 is 0 Å². The van der Waals surface area contributed by atoms with Crippen molar-refractivity contribution in [3.63, 3.8) is 0 Å². The summed E-state index contributed by atoms with van der Waals surface area (Å²) in [6.07, 6.45) is 0. The maximum absolute atomic E-state index is 3.49. The molecule has 0 unspecified atom stereocenters. The summed E-state index contributed by atoms with van der Waals surface area (Å²) in [4.78, 5) is 0. The molecule has 0 N–H and O–H groups in total. The van der Waals surface area contributed by atoms with Crippen molar-refractivity contribution < 1.29 is 0 Å². The van der Waals surface area contributed by atoms with E-state index in [1.807, 2.05) is 24.3 Å². The van der Waals surface area contributed by atoms with Crippen molar-refractivity contribution in [2.24, 2.45) is 0 Å². The lowest BCUT2D eigenvalue weighted by Crippen LogP contribution is -1.75. The quantitative estimate of drug-likeness (QED) is 0.681. The van der Waals surface area contributed by atoms with E-state index < -0.39 is 0 Å². The molecule has 0 aliphatic rings. The molecule has 0 bridgehead atoms. The molecule has 0 aliphatic heterocycles. The van der Waals surface area contributed by atoms with E-state index in [-0.39, 0.29) is 0 Å². The molecule has 0 fully saturated rings. The van der Waals surface area contributed by atoms with Gasteiger partial charge in [-0.3, -0.25) is 0 Å². The Morgan fingerprint density at radius 2 is 1.83 bits per heavy atom. The van der Waals surface area contributed by atoms with Gasteiger partial charge in [-0.1, -0.05) is 50.1 Å². The molecule has 59 valence electrons. The second kappa shape index (κ2) is 3.19. The molecule has 2 aromatic carbocycles. The number of hydrogen-bond donors (Lipinski definition) is 0. The molecule has 0 aromatic heterocycles. The van der Waals surface area contributed by atoms with E-state index >= 15 is 0 Å². The lowest BCUT2D eigenvalue weighted by atomic mass is 10.1. The van der Waals surface area contributed by atoms with E-state index in [0.29, 0.717) is 0 Å². The third-order valence-corrected chi connectivity index (χ3v) is 3.08. The molecule has 12 heavy (non-hydrogen) atoms. The molecular formula is C10H5Br2. The SMILES string of the molecule is Brc1cccc2c(Br)cc[c]c12. The fourth-order valence-electron chi connectivity index (χ4n) is 1.16. The Balaban J connectivity index is 2.94. The Labute approximate surface area is 87.8 Å². The lowest BCUT2D eigenvalue weighted by molar-refractivity contribution is 1.67. The fourth-order valence-corrected chi connectivity index (χ4v) is 2.10. The van der Waals surface area contributed by atoms with Crippen molar-refractivity contribution >= 4 is 42.6 Å². The predicted octanol–water partition coefficient (Wildman–Crippen LogP) is 4.16. The topological polar surface area (TPSA) is 0 Å². The summed E-state index contributed by atoms with van der Waals surface area (Å²) in [5.41, 5.74) is 0. The van der Waals surface area contributed by atoms with Crippen LogP contribution in [0, 0.1) is 6.07 Å². The molecule has 0 saturated heterocycles. The van der Waals surface area contributed by atoms with Gasteiger partial charge in [-0.05, 0) is 23.6 Å². The zero-order chi connectivity index (χ0) is 8.55. The smallest absolute Gasteiger partial charge is 0.0260 e. The Morgan fingerprint density at radius 1 is 1.00 bits per heavy atom. The van der Waals surface area contributed by atoms with Crippen molar-refractivity contribution in [3.8, 4) is 0 Å². The molecule has 0 aliphatic carbocycles. The van der Waals surface area contributed by atoms with Crippen LogP contribution >= 0.6 is 31.9 Å². The van der Waals surface area contributed by atoms with E-state index in [0.717, 1.165) is 14.3 Å². The highest BCUT2D eigenvalue weighted by atomic mass is 79.9. The van der Waals surface area contributed by atoms with Crippen LogP contribution in [0.25, 0.3) is 10.8 Å². The van der Waals surface area contributed by atoms with Crippen LogP contribution in [0.15, 0.2) is 39.3 Å². The van der Waals surface area contributed by atoms with Gasteiger partial charge < -0.3 is 0 Å². The van der Waals surface area contributed by atoms with Crippen LogP contribution in [0.2, 0.25) is 0 Å². The van der Waals surface area contributed by atoms with Gasteiger partial charge in [-0.15, -0.1) is 0 Å². The third kappa shape index (κ3) is 1.29. The van der Waals surface area contributed by atoms with E-state index in [4.69, 9.17) is 0 Å². The van der Waals surface area contributed by atoms with Gasteiger partial charge in [0.15, 0.2) is 0 Å². The Morgan fingerprint density at radius 3 is 2.58 bits per heavy atom. The Hall–Kier alpha value is -0.340. The molecule has 0 atom stereocenters. The van der Waals surface area contributed by atoms with Gasteiger partial charge in [0.1, 0.15) is 0 Å². The van der Waals surface area contributed by atoms with Crippen LogP contribution in [0.4, 0.5) is 0 Å². The summed E-state index contributed by atoms with van der Waals surface area (Å²) in [7, 11) is 0. The maximum Gasteiger partial charge on any atom is 0.0260 e. The molecule has 2 heteroatoms. The average Bonchev–Trinajstić information content (AvgIpc) is 2.07. The summed E-state index contributed by atoms with van der Waals surface area (Å²) < 4.78 is 2.19. The van der Waals surface area contributed by atoms with Gasteiger partial charge in [0, 0.05) is 14.3 Å². The summed E-state index contributed by atoms with van der Waals surface area (Å²) >= 11 is 6.97. The first-order valence-electron chi connectivity index (χ1n) is 3.53. The molecule has 0 spiro atoms. The maximum atomic E-state index is 3.49. The molecule has 2 rings (SSSR count). The van der Waals surface area contributed by atoms with Crippen LogP contribution in [-0.4, -0.2) is 0 Å². The number of fused-ring (bicyclic) bond motifs is 1. The van der Waals surface area contributed by atoms with Crippen molar-refractivity contribution in [2.75, 3.05) is 0 Å². The summed E-state index contributed by atoms with van der Waals surface area (Å²) in [6, 6.07) is 13.2. The summed E-state index contributed by atoms with van der Waals surface area (Å²) in [6.45, 7) is 0. The van der Waals surface area contributed by atoms with Crippen molar-refractivity contribution in [1.29, 1.82) is 0 Å². The zero-order valence-corrected chi connectivity index (χ0v) is 9.31. The minimum Gasteiger partial charge on any atom is -0.0605 e. The normalized spacial score (nSPS) is 10.5. The van der Waals surface area contributed by atoms with Gasteiger partial charge in [-0.2, -0.15) is 0 Å². The highest BCUT2D eigenvalue weighted by molar-refractivity contribution is 9.11. The van der Waals surface area contributed by atoms with E-state index in [1.165, 1.54) is 5.39 Å². The first kappa shape index (κ1) is 8.27. The van der Waals surface area contributed by atoms with Crippen molar-refractivity contribution in [3.05, 3.63) is 45.3 Å². The molecule has 1 radical (unpaired) electrons. The minimum atomic E-state index is 1.08. The monoisotopic (exact) mass is 283 g/mol. The first-order valence-corrected chi connectivity index (χ1v) is 5.12. The first-order chi connectivity index (χ1) is 5.79. The van der Waals surface area contributed by atoms with Crippen molar-refractivity contribution in [1.82, 2.24) is 0 Å². The highest BCUT2D eigenvalue weighted by Crippen LogP contribution is 2.28. The lowest BCUT2D eigenvalue weighted by Gasteiger charge is -2.00. The molecule has 0 amide bonds. The van der Waals surface area contributed by atoms with Gasteiger partial charge in [0.25, 0.3) is 0 Å². The Kier molecular flexibility index (Phi) is 2.20. The molecular weight excluding hydrogens is 280 g/mol. The molecule has 2 aromatic rings. The second-order valence-corrected chi connectivity index (χ2v) is 4.20. The van der Waals surface area contributed by atoms with Gasteiger partial charge in [0.2, 0.25) is 0 Å². The van der Waals surface area contributed by atoms with E-state index in [9.17, 15) is 0 Å². The number of halogens is 2. The molecule has 0 saturated carbocycles. The van der Waals surface area contributed by atoms with Crippen LogP contribution in [0.1, 0.15) is 0 Å². The summed E-state index contributed by atoms with van der Waals surface area (Å²) in [5, 5.41) is 2.30. The predicted molar refractivity (Wildman–Crippen MR) is 58.2 cm³/mol. The molecule has 0 heterocycles. The largest absolute Gasteiger partial charge is 0.0605 e. The van der Waals surface area contributed by atoms with Gasteiger partial charge in [0.05, 0.1) is 0 Å². The van der Waals surface area contributed by atoms with E-state index in [2.05, 4.69) is 44.0 Å². The summed E-state index contributed by atoms with van der Waals surface area (Å²) in [5.74, 6) is 0. The standard InChI is InChI=1S/C10H5Br2/c11-9-5-1-3-7-8(9)4-2-6-10(7)12/h1-3,5-6H. The van der Waals surface area contributed by atoms with Crippen LogP contribution in [0.5, 0.6) is 0 Å². The van der Waals surface area contributed by atoms with E-state index in [1.54, 1.807) is 0 Å². The number of hydrogen-bond acceptors (Lipinski definition) is 0. The number of rotatable bonds is 0. The van der Waals surface area contributed by atoms with Crippen LogP contribution in [-0.2, 0) is 0 Å². The van der Waals surface area contributed by atoms with Crippen LogP contribution in [0.3, 0.4) is 0 Å². The average molecular weight is 285 g/mol. The second-order valence-electron chi connectivity index (χ2n) is 2.49. The number of benzene rings is 2.